The second-order valence-corrected chi connectivity index (χ2v) is 4.99. The lowest BCUT2D eigenvalue weighted by atomic mass is 10.1. The number of amides is 1. The van der Waals surface area contributed by atoms with Crippen molar-refractivity contribution in [2.75, 3.05) is 5.01 Å². The first-order valence-corrected chi connectivity index (χ1v) is 7.14. The van der Waals surface area contributed by atoms with Crippen molar-refractivity contribution in [2.45, 2.75) is 6.92 Å². The van der Waals surface area contributed by atoms with Gasteiger partial charge in [0.25, 0.3) is 5.91 Å². The molecular formula is C19H16N2O. The predicted octanol–water partition coefficient (Wildman–Crippen LogP) is 4.05. The maximum Gasteiger partial charge on any atom is 0.280 e. The molecular weight excluding hydrogens is 272 g/mol. The van der Waals surface area contributed by atoms with Gasteiger partial charge in [-0.3, -0.25) is 4.79 Å². The summed E-state index contributed by atoms with van der Waals surface area (Å²) in [5.74, 6) is -0.0959. The Balaban J connectivity index is 1.81. The van der Waals surface area contributed by atoms with Crippen LogP contribution in [0.3, 0.4) is 0 Å². The van der Waals surface area contributed by atoms with Crippen LogP contribution in [0.2, 0.25) is 0 Å². The molecule has 0 fully saturated rings. The van der Waals surface area contributed by atoms with Crippen molar-refractivity contribution in [3.63, 3.8) is 0 Å². The Morgan fingerprint density at radius 1 is 0.955 bits per heavy atom. The maximum atomic E-state index is 12.5. The highest BCUT2D eigenvalue weighted by Crippen LogP contribution is 2.23. The summed E-state index contributed by atoms with van der Waals surface area (Å²) in [6, 6.07) is 19.4. The van der Waals surface area contributed by atoms with Crippen molar-refractivity contribution in [2.24, 2.45) is 5.10 Å². The molecule has 0 spiro atoms. The van der Waals surface area contributed by atoms with Crippen LogP contribution in [-0.4, -0.2) is 11.6 Å². The summed E-state index contributed by atoms with van der Waals surface area (Å²) >= 11 is 0. The Bertz CT molecular complexity index is 759. The minimum atomic E-state index is -0.0959. The Hall–Kier alpha value is -2.94. The van der Waals surface area contributed by atoms with Gasteiger partial charge in [-0.05, 0) is 30.7 Å². The Morgan fingerprint density at radius 3 is 2.27 bits per heavy atom. The molecule has 0 bridgehead atoms. The summed E-state index contributed by atoms with van der Waals surface area (Å²) in [5, 5.41) is 5.79. The highest BCUT2D eigenvalue weighted by Gasteiger charge is 2.27. The van der Waals surface area contributed by atoms with Gasteiger partial charge in [0.2, 0.25) is 0 Å². The molecule has 1 amide bonds. The summed E-state index contributed by atoms with van der Waals surface area (Å²) in [7, 11) is 0. The van der Waals surface area contributed by atoms with Gasteiger partial charge in [-0.15, -0.1) is 0 Å². The first-order chi connectivity index (χ1) is 10.8. The zero-order valence-corrected chi connectivity index (χ0v) is 12.3. The minimum absolute atomic E-state index is 0.0959. The van der Waals surface area contributed by atoms with E-state index >= 15 is 0 Å². The standard InChI is InChI=1S/C19H16N2O/c1-15-18(14-8-11-16-9-4-2-5-10-16)19(22)21(20-15)17-12-6-3-7-13-17/h2-14H,1H3. The van der Waals surface area contributed by atoms with Crippen LogP contribution < -0.4 is 5.01 Å². The van der Waals surface area contributed by atoms with E-state index in [2.05, 4.69) is 5.10 Å². The fourth-order valence-corrected chi connectivity index (χ4v) is 2.27. The second kappa shape index (κ2) is 6.22. The van der Waals surface area contributed by atoms with Crippen LogP contribution in [0.5, 0.6) is 0 Å². The summed E-state index contributed by atoms with van der Waals surface area (Å²) in [4.78, 5) is 12.5. The number of benzene rings is 2. The van der Waals surface area contributed by atoms with Gasteiger partial charge in [-0.2, -0.15) is 10.1 Å². The molecule has 0 saturated heterocycles. The SMILES string of the molecule is CC1=NN(c2ccccc2)C(=O)C1=CC=Cc1ccccc1. The summed E-state index contributed by atoms with van der Waals surface area (Å²) in [5.41, 5.74) is 3.23. The van der Waals surface area contributed by atoms with E-state index in [1.807, 2.05) is 85.8 Å². The topological polar surface area (TPSA) is 32.7 Å². The molecule has 0 aromatic heterocycles. The average Bonchev–Trinajstić information content (AvgIpc) is 2.85. The van der Waals surface area contributed by atoms with Crippen LogP contribution in [0.4, 0.5) is 5.69 Å². The van der Waals surface area contributed by atoms with Gasteiger partial charge >= 0.3 is 0 Å². The number of hydrogen-bond acceptors (Lipinski definition) is 2. The molecule has 108 valence electrons. The average molecular weight is 288 g/mol. The first kappa shape index (κ1) is 14.0. The third kappa shape index (κ3) is 2.88. The number of hydrazone groups is 1. The number of hydrogen-bond donors (Lipinski definition) is 0. The van der Waals surface area contributed by atoms with Crippen LogP contribution in [-0.2, 0) is 4.79 Å². The van der Waals surface area contributed by atoms with Gasteiger partial charge in [-0.1, -0.05) is 60.7 Å². The van der Waals surface area contributed by atoms with Crippen LogP contribution >= 0.6 is 0 Å². The van der Waals surface area contributed by atoms with E-state index in [0.29, 0.717) is 5.57 Å². The largest absolute Gasteiger partial charge is 0.280 e. The van der Waals surface area contributed by atoms with Crippen molar-refractivity contribution in [1.82, 2.24) is 0 Å². The fourth-order valence-electron chi connectivity index (χ4n) is 2.27. The van der Waals surface area contributed by atoms with Crippen LogP contribution in [0.25, 0.3) is 6.08 Å². The molecule has 0 N–H and O–H groups in total. The Labute approximate surface area is 129 Å². The third-order valence-electron chi connectivity index (χ3n) is 3.41. The maximum absolute atomic E-state index is 12.5. The highest BCUT2D eigenvalue weighted by atomic mass is 16.2. The van der Waals surface area contributed by atoms with E-state index in [-0.39, 0.29) is 5.91 Å². The zero-order valence-electron chi connectivity index (χ0n) is 12.3. The molecule has 0 unspecified atom stereocenters. The molecule has 3 nitrogen and oxygen atoms in total. The normalized spacial score (nSPS) is 16.6. The van der Waals surface area contributed by atoms with Crippen molar-refractivity contribution < 1.29 is 4.79 Å². The monoisotopic (exact) mass is 288 g/mol. The van der Waals surface area contributed by atoms with Crippen molar-refractivity contribution in [1.29, 1.82) is 0 Å². The second-order valence-electron chi connectivity index (χ2n) is 4.99. The first-order valence-electron chi connectivity index (χ1n) is 7.14. The molecule has 2 aromatic carbocycles. The van der Waals surface area contributed by atoms with Gasteiger partial charge in [0.15, 0.2) is 0 Å². The number of rotatable bonds is 3. The van der Waals surface area contributed by atoms with Crippen LogP contribution in [0.15, 0.2) is 83.5 Å². The van der Waals surface area contributed by atoms with Crippen molar-refractivity contribution in [3.05, 3.63) is 84.0 Å². The van der Waals surface area contributed by atoms with E-state index in [1.54, 1.807) is 0 Å². The molecule has 2 aromatic rings. The summed E-state index contributed by atoms with van der Waals surface area (Å²) < 4.78 is 0. The molecule has 0 saturated carbocycles. The van der Waals surface area contributed by atoms with Crippen LogP contribution in [0, 0.1) is 0 Å². The molecule has 1 heterocycles. The predicted molar refractivity (Wildman–Crippen MR) is 90.6 cm³/mol. The molecule has 3 heteroatoms. The van der Waals surface area contributed by atoms with E-state index in [9.17, 15) is 4.79 Å². The van der Waals surface area contributed by atoms with Gasteiger partial charge in [0, 0.05) is 0 Å². The van der Waals surface area contributed by atoms with Crippen molar-refractivity contribution >= 4 is 23.4 Å². The quantitative estimate of drug-likeness (QED) is 0.784. The number of anilines is 1. The number of allylic oxidation sites excluding steroid dienone is 2. The zero-order chi connectivity index (χ0) is 15.4. The summed E-state index contributed by atoms with van der Waals surface area (Å²) in [6.45, 7) is 1.85. The molecule has 0 aliphatic carbocycles. The number of nitrogens with zero attached hydrogens (tertiary/aromatic N) is 2. The number of para-hydroxylation sites is 1. The Morgan fingerprint density at radius 2 is 1.59 bits per heavy atom. The van der Waals surface area contributed by atoms with E-state index < -0.39 is 0 Å². The number of carbonyl (C=O) groups excluding carboxylic acids is 1. The molecule has 1 aliphatic heterocycles. The minimum Gasteiger partial charge on any atom is -0.267 e. The number of carbonyl (C=O) groups is 1. The van der Waals surface area contributed by atoms with E-state index in [4.69, 9.17) is 0 Å². The lowest BCUT2D eigenvalue weighted by Crippen LogP contribution is -2.21. The molecule has 0 atom stereocenters. The lowest BCUT2D eigenvalue weighted by molar-refractivity contribution is -0.114. The smallest absolute Gasteiger partial charge is 0.267 e. The third-order valence-corrected chi connectivity index (χ3v) is 3.41. The highest BCUT2D eigenvalue weighted by molar-refractivity contribution is 6.29. The van der Waals surface area contributed by atoms with Crippen LogP contribution in [0.1, 0.15) is 12.5 Å². The lowest BCUT2D eigenvalue weighted by Gasteiger charge is -2.10. The van der Waals surface area contributed by atoms with E-state index in [1.165, 1.54) is 5.01 Å². The molecule has 3 rings (SSSR count). The molecule has 1 aliphatic rings. The fraction of sp³-hybridized carbons (Fsp3) is 0.0526. The van der Waals surface area contributed by atoms with Gasteiger partial charge in [0.1, 0.15) is 0 Å². The van der Waals surface area contributed by atoms with Gasteiger partial charge in [-0.25, -0.2) is 0 Å². The molecule has 22 heavy (non-hydrogen) atoms. The molecule has 0 radical (unpaired) electrons. The van der Waals surface area contributed by atoms with E-state index in [0.717, 1.165) is 17.0 Å². The van der Waals surface area contributed by atoms with Crippen molar-refractivity contribution in [3.8, 4) is 0 Å². The summed E-state index contributed by atoms with van der Waals surface area (Å²) in [6.07, 6.45) is 5.67. The van der Waals surface area contributed by atoms with Gasteiger partial charge < -0.3 is 0 Å². The van der Waals surface area contributed by atoms with Gasteiger partial charge in [0.05, 0.1) is 17.0 Å². The Kier molecular flexibility index (Phi) is 3.97.